The second-order valence-electron chi connectivity index (χ2n) is 2.95. The third-order valence-corrected chi connectivity index (χ3v) is 1.88. The van der Waals surface area contributed by atoms with Crippen LogP contribution in [0.4, 0.5) is 0 Å². The third-order valence-electron chi connectivity index (χ3n) is 1.88. The van der Waals surface area contributed by atoms with Gasteiger partial charge in [-0.1, -0.05) is 42.4 Å². The summed E-state index contributed by atoms with van der Waals surface area (Å²) in [7, 11) is 0. The summed E-state index contributed by atoms with van der Waals surface area (Å²) in [5.74, 6) is -0.427. The lowest BCUT2D eigenvalue weighted by atomic mass is 9.90. The van der Waals surface area contributed by atoms with Crippen molar-refractivity contribution in [2.75, 3.05) is 6.61 Å². The molecule has 1 N–H and O–H groups in total. The summed E-state index contributed by atoms with van der Waals surface area (Å²) in [4.78, 5) is 0. The van der Waals surface area contributed by atoms with E-state index >= 15 is 0 Å². The number of rotatable bonds is 4. The lowest BCUT2D eigenvalue weighted by Gasteiger charge is -2.15. The molecule has 0 fully saturated rings. The molecule has 1 unspecified atom stereocenters. The average Bonchev–Trinajstić information content (AvgIpc) is 2.33. The summed E-state index contributed by atoms with van der Waals surface area (Å²) >= 11 is 0. The van der Waals surface area contributed by atoms with Gasteiger partial charge >= 0.3 is 0 Å². The van der Waals surface area contributed by atoms with E-state index in [1.165, 1.54) is 0 Å². The summed E-state index contributed by atoms with van der Waals surface area (Å²) < 4.78 is 38.4. The molecule has 13 heavy (non-hydrogen) atoms. The Morgan fingerprint density at radius 3 is 2.62 bits per heavy atom. The Hall–Kier alpha value is -1.08. The zero-order valence-corrected chi connectivity index (χ0v) is 7.65. The van der Waals surface area contributed by atoms with Crippen molar-refractivity contribution in [3.8, 4) is 0 Å². The molecule has 0 spiro atoms. The van der Waals surface area contributed by atoms with Crippen molar-refractivity contribution in [3.63, 3.8) is 0 Å². The van der Waals surface area contributed by atoms with E-state index in [-0.39, 0.29) is 36.3 Å². The van der Waals surface area contributed by atoms with Crippen LogP contribution in [0.2, 0.25) is 0 Å². The van der Waals surface area contributed by atoms with Crippen molar-refractivity contribution in [2.45, 2.75) is 19.3 Å². The van der Waals surface area contributed by atoms with Crippen LogP contribution in [-0.4, -0.2) is 11.7 Å². The van der Waals surface area contributed by atoms with Crippen LogP contribution < -0.4 is 0 Å². The Labute approximate surface area is 86.8 Å². The fourth-order valence-electron chi connectivity index (χ4n) is 1.20. The van der Waals surface area contributed by atoms with Crippen molar-refractivity contribution in [1.29, 1.82) is 0 Å². The van der Waals surface area contributed by atoms with Gasteiger partial charge in [0.1, 0.15) is 0 Å². The molecule has 0 aliphatic heterocycles. The standard InChI is InChI=1S/C12H16O/c1-10(2)12(8-9-13)11-6-4-3-5-7-11/h3-7,12-13H,1,8-9H2,2H3/i3D,4D,5D,6D,7D. The second kappa shape index (κ2) is 4.83. The Morgan fingerprint density at radius 2 is 2.15 bits per heavy atom. The van der Waals surface area contributed by atoms with Gasteiger partial charge in [-0.2, -0.15) is 0 Å². The number of allylic oxidation sites excluding steroid dienone is 1. The normalized spacial score (nSPS) is 17.8. The van der Waals surface area contributed by atoms with E-state index in [1.54, 1.807) is 6.92 Å². The predicted molar refractivity (Wildman–Crippen MR) is 55.7 cm³/mol. The molecule has 0 aliphatic carbocycles. The molecule has 1 aromatic rings. The maximum atomic E-state index is 9.03. The monoisotopic (exact) mass is 181 g/mol. The summed E-state index contributed by atoms with van der Waals surface area (Å²) in [5, 5.41) is 9.03. The maximum Gasteiger partial charge on any atom is 0.0626 e. The highest BCUT2D eigenvalue weighted by atomic mass is 16.3. The average molecular weight is 181 g/mol. The zero-order valence-electron chi connectivity index (χ0n) is 12.6. The first-order chi connectivity index (χ1) is 8.32. The lowest BCUT2D eigenvalue weighted by molar-refractivity contribution is 0.281. The van der Waals surface area contributed by atoms with Crippen LogP contribution in [0.3, 0.4) is 0 Å². The summed E-state index contributed by atoms with van der Waals surface area (Å²) in [6.07, 6.45) is 0.295. The minimum absolute atomic E-state index is 0.125. The Morgan fingerprint density at radius 1 is 1.54 bits per heavy atom. The summed E-state index contributed by atoms with van der Waals surface area (Å²) in [6, 6.07) is -1.55. The largest absolute Gasteiger partial charge is 0.396 e. The highest BCUT2D eigenvalue weighted by molar-refractivity contribution is 5.26. The van der Waals surface area contributed by atoms with Crippen molar-refractivity contribution in [3.05, 3.63) is 47.9 Å². The smallest absolute Gasteiger partial charge is 0.0626 e. The predicted octanol–water partition coefficient (Wildman–Crippen LogP) is 2.73. The minimum Gasteiger partial charge on any atom is -0.396 e. The van der Waals surface area contributed by atoms with Crippen LogP contribution in [0.5, 0.6) is 0 Å². The number of hydrogen-bond acceptors (Lipinski definition) is 1. The first kappa shape index (κ1) is 4.97. The van der Waals surface area contributed by atoms with Gasteiger partial charge in [-0.25, -0.2) is 0 Å². The van der Waals surface area contributed by atoms with Gasteiger partial charge in [0, 0.05) is 12.5 Å². The molecular formula is C12H16O. The molecule has 1 heteroatoms. The number of aliphatic hydroxyl groups is 1. The Bertz CT molecular complexity index is 455. The first-order valence-corrected chi connectivity index (χ1v) is 4.16. The maximum absolute atomic E-state index is 9.03. The van der Waals surface area contributed by atoms with Gasteiger partial charge in [0.05, 0.1) is 6.85 Å². The van der Waals surface area contributed by atoms with Crippen LogP contribution in [0.15, 0.2) is 42.4 Å². The van der Waals surface area contributed by atoms with Gasteiger partial charge in [-0.15, -0.1) is 0 Å². The van der Waals surface area contributed by atoms with Crippen LogP contribution in [-0.2, 0) is 0 Å². The first-order valence-electron chi connectivity index (χ1n) is 6.66. The van der Waals surface area contributed by atoms with E-state index in [9.17, 15) is 0 Å². The Kier molecular flexibility index (Phi) is 1.84. The van der Waals surface area contributed by atoms with Crippen molar-refractivity contribution in [2.24, 2.45) is 0 Å². The molecule has 1 atom stereocenters. The highest BCUT2D eigenvalue weighted by Crippen LogP contribution is 2.25. The van der Waals surface area contributed by atoms with Gasteiger partial charge in [-0.3, -0.25) is 0 Å². The molecule has 0 aromatic heterocycles. The van der Waals surface area contributed by atoms with Gasteiger partial charge in [0.25, 0.3) is 0 Å². The number of aliphatic hydroxyl groups excluding tert-OH is 1. The molecular weight excluding hydrogens is 160 g/mol. The molecule has 1 nitrogen and oxygen atoms in total. The van der Waals surface area contributed by atoms with Gasteiger partial charge in [0.2, 0.25) is 0 Å². The molecule has 0 radical (unpaired) electrons. The van der Waals surface area contributed by atoms with Crippen LogP contribution in [0.25, 0.3) is 0 Å². The van der Waals surface area contributed by atoms with Gasteiger partial charge in [0.15, 0.2) is 0 Å². The van der Waals surface area contributed by atoms with E-state index < -0.39 is 12.0 Å². The van der Waals surface area contributed by atoms with Crippen LogP contribution in [0.1, 0.15) is 31.7 Å². The summed E-state index contributed by atoms with van der Waals surface area (Å²) in [6.45, 7) is 5.37. The molecule has 0 aliphatic rings. The van der Waals surface area contributed by atoms with Crippen LogP contribution in [0, 0.1) is 0 Å². The van der Waals surface area contributed by atoms with Gasteiger partial charge in [-0.05, 0) is 18.9 Å². The topological polar surface area (TPSA) is 20.2 Å². The molecule has 0 saturated heterocycles. The second-order valence-corrected chi connectivity index (χ2v) is 2.95. The summed E-state index contributed by atoms with van der Waals surface area (Å²) in [5.41, 5.74) is 0.880. The van der Waals surface area contributed by atoms with E-state index in [2.05, 4.69) is 6.58 Å². The number of benzene rings is 1. The molecule has 0 amide bonds. The van der Waals surface area contributed by atoms with Gasteiger partial charge < -0.3 is 5.11 Å². The van der Waals surface area contributed by atoms with E-state index in [4.69, 9.17) is 12.0 Å². The van der Waals surface area contributed by atoms with Crippen LogP contribution >= 0.6 is 0 Å². The molecule has 1 rings (SSSR count). The fraction of sp³-hybridized carbons (Fsp3) is 0.333. The molecule has 0 heterocycles. The van der Waals surface area contributed by atoms with E-state index in [0.29, 0.717) is 12.0 Å². The number of hydrogen-bond donors (Lipinski definition) is 1. The van der Waals surface area contributed by atoms with Crippen molar-refractivity contribution >= 4 is 0 Å². The zero-order chi connectivity index (χ0) is 14.0. The van der Waals surface area contributed by atoms with E-state index in [0.717, 1.165) is 0 Å². The SMILES string of the molecule is [2H]c1c([2H])c([2H])c(C(CCO)C(=C)C)c([2H])c1[2H]. The molecule has 1 aromatic carbocycles. The van der Waals surface area contributed by atoms with E-state index in [1.807, 2.05) is 0 Å². The Balaban J connectivity index is 3.52. The molecule has 0 saturated carbocycles. The fourth-order valence-corrected chi connectivity index (χ4v) is 1.20. The minimum atomic E-state index is -0.427. The molecule has 0 bridgehead atoms. The van der Waals surface area contributed by atoms with Crippen molar-refractivity contribution in [1.82, 2.24) is 0 Å². The highest BCUT2D eigenvalue weighted by Gasteiger charge is 2.10. The lowest BCUT2D eigenvalue weighted by Crippen LogP contribution is -2.02. The quantitative estimate of drug-likeness (QED) is 0.708. The molecule has 70 valence electrons. The third kappa shape index (κ3) is 2.71. The van der Waals surface area contributed by atoms with Crippen molar-refractivity contribution < 1.29 is 12.0 Å².